The molecule has 3 nitrogen and oxygen atoms in total. The second-order valence-corrected chi connectivity index (χ2v) is 5.99. The molecule has 1 fully saturated rings. The molecule has 108 valence electrons. The van der Waals surface area contributed by atoms with Crippen molar-refractivity contribution in [2.45, 2.75) is 71.5 Å². The van der Waals surface area contributed by atoms with E-state index in [0.717, 1.165) is 26.3 Å². The van der Waals surface area contributed by atoms with E-state index in [-0.39, 0.29) is 5.54 Å². The fraction of sp³-hybridized carbons (Fsp3) is 1.00. The third-order valence-electron chi connectivity index (χ3n) is 4.06. The lowest BCUT2D eigenvalue weighted by Crippen LogP contribution is -2.62. The quantitative estimate of drug-likeness (QED) is 0.758. The van der Waals surface area contributed by atoms with Crippen molar-refractivity contribution in [3.63, 3.8) is 0 Å². The monoisotopic (exact) mass is 256 g/mol. The second-order valence-electron chi connectivity index (χ2n) is 5.99. The van der Waals surface area contributed by atoms with Crippen LogP contribution in [0.3, 0.4) is 0 Å². The smallest absolute Gasteiger partial charge is 0.0645 e. The summed E-state index contributed by atoms with van der Waals surface area (Å²) in [7, 11) is 0. The first-order chi connectivity index (χ1) is 8.56. The Labute approximate surface area is 113 Å². The van der Waals surface area contributed by atoms with Gasteiger partial charge in [0.2, 0.25) is 0 Å². The molecule has 1 heterocycles. The minimum atomic E-state index is 0.167. The van der Waals surface area contributed by atoms with Crippen LogP contribution in [-0.2, 0) is 4.74 Å². The summed E-state index contributed by atoms with van der Waals surface area (Å²) in [6, 6.07) is 1.24. The van der Waals surface area contributed by atoms with E-state index >= 15 is 0 Å². The molecule has 1 rings (SSSR count). The van der Waals surface area contributed by atoms with Crippen LogP contribution in [0.1, 0.15) is 53.9 Å². The summed E-state index contributed by atoms with van der Waals surface area (Å²) in [6.07, 6.45) is 3.72. The Morgan fingerprint density at radius 2 is 2.00 bits per heavy atom. The molecule has 1 N–H and O–H groups in total. The van der Waals surface area contributed by atoms with Gasteiger partial charge in [0.25, 0.3) is 0 Å². The molecule has 1 aliphatic rings. The van der Waals surface area contributed by atoms with E-state index in [1.54, 1.807) is 0 Å². The second kappa shape index (κ2) is 7.46. The molecule has 0 radical (unpaired) electrons. The fourth-order valence-electron chi connectivity index (χ4n) is 3.21. The summed E-state index contributed by atoms with van der Waals surface area (Å²) in [6.45, 7) is 15.3. The number of rotatable bonds is 7. The van der Waals surface area contributed by atoms with Gasteiger partial charge >= 0.3 is 0 Å². The maximum absolute atomic E-state index is 5.65. The van der Waals surface area contributed by atoms with Crippen LogP contribution >= 0.6 is 0 Å². The molecule has 1 saturated heterocycles. The van der Waals surface area contributed by atoms with Crippen LogP contribution in [0, 0.1) is 0 Å². The van der Waals surface area contributed by atoms with Gasteiger partial charge < -0.3 is 10.1 Å². The fourth-order valence-corrected chi connectivity index (χ4v) is 3.21. The number of likely N-dealkylation sites (N-methyl/N-ethyl adjacent to an activating group) is 1. The van der Waals surface area contributed by atoms with E-state index in [0.29, 0.717) is 12.1 Å². The molecule has 2 unspecified atom stereocenters. The minimum absolute atomic E-state index is 0.167. The molecule has 0 bridgehead atoms. The Morgan fingerprint density at radius 1 is 1.28 bits per heavy atom. The van der Waals surface area contributed by atoms with Gasteiger partial charge in [0, 0.05) is 24.2 Å². The molecular formula is C15H32N2O. The van der Waals surface area contributed by atoms with E-state index in [2.05, 4.69) is 44.8 Å². The zero-order valence-corrected chi connectivity index (χ0v) is 13.0. The van der Waals surface area contributed by atoms with Crippen molar-refractivity contribution in [3.05, 3.63) is 0 Å². The molecule has 1 aliphatic heterocycles. The molecule has 18 heavy (non-hydrogen) atoms. The molecule has 0 aliphatic carbocycles. The van der Waals surface area contributed by atoms with Gasteiger partial charge in [-0.25, -0.2) is 0 Å². The van der Waals surface area contributed by atoms with Gasteiger partial charge in [-0.3, -0.25) is 4.90 Å². The summed E-state index contributed by atoms with van der Waals surface area (Å²) in [5.74, 6) is 0. The molecule has 3 heteroatoms. The van der Waals surface area contributed by atoms with E-state index in [1.807, 2.05) is 0 Å². The predicted molar refractivity (Wildman–Crippen MR) is 78.1 cm³/mol. The topological polar surface area (TPSA) is 24.5 Å². The normalized spacial score (nSPS) is 23.8. The van der Waals surface area contributed by atoms with Gasteiger partial charge in [0.15, 0.2) is 0 Å². The van der Waals surface area contributed by atoms with Crippen LogP contribution in [0.15, 0.2) is 0 Å². The minimum Gasteiger partial charge on any atom is -0.378 e. The third-order valence-corrected chi connectivity index (χ3v) is 4.06. The van der Waals surface area contributed by atoms with Crippen molar-refractivity contribution < 1.29 is 4.74 Å². The van der Waals surface area contributed by atoms with Crippen molar-refractivity contribution in [1.82, 2.24) is 10.2 Å². The lowest BCUT2D eigenvalue weighted by atomic mass is 9.92. The van der Waals surface area contributed by atoms with E-state index in [1.165, 1.54) is 19.3 Å². The lowest BCUT2D eigenvalue weighted by molar-refractivity contribution is -0.0796. The van der Waals surface area contributed by atoms with E-state index in [9.17, 15) is 0 Å². The standard InChI is InChI=1S/C15H32N2O/c1-6-9-13(16-8-3)14(7-2)17-10-11-18-12-15(17,4)5/h13-14,16H,6-12H2,1-5H3. The van der Waals surface area contributed by atoms with Crippen molar-refractivity contribution in [2.24, 2.45) is 0 Å². The Balaban J connectivity index is 2.77. The molecule has 0 aromatic heterocycles. The number of morpholine rings is 1. The van der Waals surface area contributed by atoms with Gasteiger partial charge in [-0.05, 0) is 33.2 Å². The van der Waals surface area contributed by atoms with Gasteiger partial charge in [0.05, 0.1) is 13.2 Å². The predicted octanol–water partition coefficient (Wildman–Crippen LogP) is 2.65. The molecule has 0 saturated carbocycles. The summed E-state index contributed by atoms with van der Waals surface area (Å²) < 4.78 is 5.65. The molecule has 0 spiro atoms. The van der Waals surface area contributed by atoms with Crippen LogP contribution in [-0.4, -0.2) is 48.8 Å². The molecule has 0 aromatic carbocycles. The van der Waals surface area contributed by atoms with Crippen LogP contribution in [0.5, 0.6) is 0 Å². The highest BCUT2D eigenvalue weighted by molar-refractivity contribution is 4.93. The Hall–Kier alpha value is -0.120. The first-order valence-corrected chi connectivity index (χ1v) is 7.64. The molecule has 0 amide bonds. The SMILES string of the molecule is CCCC(NCC)C(CC)N1CCOCC1(C)C. The summed E-state index contributed by atoms with van der Waals surface area (Å²) in [4.78, 5) is 2.67. The Bertz CT molecular complexity index is 225. The van der Waals surface area contributed by atoms with E-state index < -0.39 is 0 Å². The number of hydrogen-bond donors (Lipinski definition) is 1. The highest BCUT2D eigenvalue weighted by Gasteiger charge is 2.37. The number of nitrogens with one attached hydrogen (secondary N) is 1. The summed E-state index contributed by atoms with van der Waals surface area (Å²) in [5.41, 5.74) is 0.167. The highest BCUT2D eigenvalue weighted by atomic mass is 16.5. The number of nitrogens with zero attached hydrogens (tertiary/aromatic N) is 1. The van der Waals surface area contributed by atoms with Crippen molar-refractivity contribution in [2.75, 3.05) is 26.3 Å². The van der Waals surface area contributed by atoms with Crippen LogP contribution in [0.4, 0.5) is 0 Å². The zero-order chi connectivity index (χ0) is 13.6. The maximum Gasteiger partial charge on any atom is 0.0645 e. The van der Waals surface area contributed by atoms with Crippen molar-refractivity contribution in [1.29, 1.82) is 0 Å². The van der Waals surface area contributed by atoms with Crippen LogP contribution in [0.2, 0.25) is 0 Å². The molecule has 2 atom stereocenters. The average Bonchev–Trinajstić information content (AvgIpc) is 2.32. The Morgan fingerprint density at radius 3 is 2.50 bits per heavy atom. The number of hydrogen-bond acceptors (Lipinski definition) is 3. The lowest BCUT2D eigenvalue weighted by Gasteiger charge is -2.49. The molecule has 0 aromatic rings. The van der Waals surface area contributed by atoms with Crippen molar-refractivity contribution >= 4 is 0 Å². The summed E-state index contributed by atoms with van der Waals surface area (Å²) in [5, 5.41) is 3.69. The van der Waals surface area contributed by atoms with Gasteiger partial charge in [-0.15, -0.1) is 0 Å². The van der Waals surface area contributed by atoms with Gasteiger partial charge in [-0.1, -0.05) is 27.2 Å². The average molecular weight is 256 g/mol. The summed E-state index contributed by atoms with van der Waals surface area (Å²) >= 11 is 0. The maximum atomic E-state index is 5.65. The van der Waals surface area contributed by atoms with Crippen molar-refractivity contribution in [3.8, 4) is 0 Å². The van der Waals surface area contributed by atoms with Gasteiger partial charge in [0.1, 0.15) is 0 Å². The highest BCUT2D eigenvalue weighted by Crippen LogP contribution is 2.26. The number of ether oxygens (including phenoxy) is 1. The Kier molecular flexibility index (Phi) is 6.61. The zero-order valence-electron chi connectivity index (χ0n) is 13.0. The van der Waals surface area contributed by atoms with Gasteiger partial charge in [-0.2, -0.15) is 0 Å². The first kappa shape index (κ1) is 15.9. The molecular weight excluding hydrogens is 224 g/mol. The van der Waals surface area contributed by atoms with E-state index in [4.69, 9.17) is 4.74 Å². The third kappa shape index (κ3) is 3.94. The van der Waals surface area contributed by atoms with Crippen LogP contribution < -0.4 is 5.32 Å². The first-order valence-electron chi connectivity index (χ1n) is 7.64. The van der Waals surface area contributed by atoms with Crippen LogP contribution in [0.25, 0.3) is 0 Å². The largest absolute Gasteiger partial charge is 0.378 e.